The number of rotatable bonds is 26. The zero-order chi connectivity index (χ0) is 66.9. The van der Waals surface area contributed by atoms with Gasteiger partial charge in [0.25, 0.3) is 0 Å². The van der Waals surface area contributed by atoms with Crippen LogP contribution in [0.15, 0.2) is 84.9 Å². The molecular weight excluding hydrogens is 1180 g/mol. The number of benzene rings is 4. The van der Waals surface area contributed by atoms with Crippen LogP contribution in [0.5, 0.6) is 0 Å². The van der Waals surface area contributed by atoms with Gasteiger partial charge in [-0.25, -0.2) is 22.4 Å². The van der Waals surface area contributed by atoms with Crippen LogP contribution in [0.4, 0.5) is 22.4 Å². The number of ether oxygens (including phenoxy) is 1. The Morgan fingerprint density at radius 3 is 1.22 bits per heavy atom. The Labute approximate surface area is 538 Å². The lowest BCUT2D eigenvalue weighted by molar-refractivity contribution is -0.123. The maximum atomic E-state index is 14.0. The van der Waals surface area contributed by atoms with Crippen molar-refractivity contribution in [2.24, 2.45) is 0 Å². The quantitative estimate of drug-likeness (QED) is 0.0170. The minimum absolute atomic E-state index is 0.00310. The Morgan fingerprint density at radius 1 is 0.533 bits per heavy atom. The largest absolute Gasteiger partial charge is 0.444 e. The summed E-state index contributed by atoms with van der Waals surface area (Å²) in [7, 11) is 0. The Morgan fingerprint density at radius 2 is 0.889 bits per heavy atom. The normalized spacial score (nSPS) is 16.1. The van der Waals surface area contributed by atoms with Crippen LogP contribution in [0.3, 0.4) is 0 Å². The fraction of sp³-hybridized carbons (Fsp3) is 0.592. The summed E-state index contributed by atoms with van der Waals surface area (Å²) in [6.45, 7) is 22.5. The molecule has 14 nitrogen and oxygen atoms in total. The second-order valence-electron chi connectivity index (χ2n) is 27.5. The van der Waals surface area contributed by atoms with Gasteiger partial charge in [0.15, 0.2) is 0 Å². The molecule has 0 unspecified atom stereocenters. The predicted molar refractivity (Wildman–Crippen MR) is 349 cm³/mol. The summed E-state index contributed by atoms with van der Waals surface area (Å²) in [6, 6.07) is 22.3. The molecule has 4 atom stereocenters. The third-order valence-corrected chi connectivity index (χ3v) is 16.4. The van der Waals surface area contributed by atoms with Crippen LogP contribution in [-0.4, -0.2) is 95.3 Å². The topological polar surface area (TPSA) is 207 Å². The van der Waals surface area contributed by atoms with E-state index in [2.05, 4.69) is 134 Å². The molecule has 2 aliphatic carbocycles. The summed E-state index contributed by atoms with van der Waals surface area (Å²) in [4.78, 5) is 57.9. The molecule has 2 aliphatic rings. The highest BCUT2D eigenvalue weighted by Gasteiger charge is 2.38. The second kappa shape index (κ2) is 36.4. The summed E-state index contributed by atoms with van der Waals surface area (Å²) in [6.07, 6.45) is 10.6. The molecule has 0 heterocycles. The molecular formula is C71H103ClF4N6O8. The lowest BCUT2D eigenvalue weighted by Gasteiger charge is -2.41. The lowest BCUT2D eigenvalue weighted by Crippen LogP contribution is -2.53. The summed E-state index contributed by atoms with van der Waals surface area (Å²) in [5.41, 5.74) is 4.38. The van der Waals surface area contributed by atoms with Gasteiger partial charge in [0.05, 0.1) is 24.3 Å². The van der Waals surface area contributed by atoms with Crippen LogP contribution < -0.4 is 31.9 Å². The Balaban J connectivity index is 0.000000364. The van der Waals surface area contributed by atoms with E-state index in [1.807, 2.05) is 0 Å². The Kier molecular flexibility index (Phi) is 30.9. The van der Waals surface area contributed by atoms with E-state index in [1.54, 1.807) is 20.8 Å². The van der Waals surface area contributed by atoms with E-state index in [-0.39, 0.29) is 83.6 Å². The zero-order valence-corrected chi connectivity index (χ0v) is 55.9. The number of aliphatic hydroxyl groups is 2. The first-order valence-electron chi connectivity index (χ1n) is 32.1. The van der Waals surface area contributed by atoms with Crippen molar-refractivity contribution in [3.63, 3.8) is 0 Å². The number of halogens is 5. The third kappa shape index (κ3) is 27.9. The second-order valence-corrected chi connectivity index (χ2v) is 28.0. The molecule has 0 aliphatic heterocycles. The number of nitrogens with one attached hydrogen (secondary N) is 6. The maximum Gasteiger partial charge on any atom is 0.407 e. The molecule has 4 aromatic rings. The molecule has 0 aromatic heterocycles. The van der Waals surface area contributed by atoms with Gasteiger partial charge in [0.1, 0.15) is 28.9 Å². The molecule has 2 fully saturated rings. The first-order chi connectivity index (χ1) is 42.2. The van der Waals surface area contributed by atoms with Crippen LogP contribution >= 0.6 is 11.6 Å². The van der Waals surface area contributed by atoms with Gasteiger partial charge in [0.2, 0.25) is 23.0 Å². The number of alkyl carbamates (subject to hydrolysis) is 1. The minimum Gasteiger partial charge on any atom is -0.444 e. The number of carbonyl (C=O) groups excluding carboxylic acids is 5. The van der Waals surface area contributed by atoms with Crippen molar-refractivity contribution in [1.82, 2.24) is 31.9 Å². The van der Waals surface area contributed by atoms with Crippen molar-refractivity contribution in [3.05, 3.63) is 142 Å². The Bertz CT molecular complexity index is 2870. The molecule has 8 N–H and O–H groups in total. The fourth-order valence-corrected chi connectivity index (χ4v) is 11.6. The number of aliphatic hydroxyl groups excluding tert-OH is 2. The van der Waals surface area contributed by atoms with E-state index in [0.29, 0.717) is 49.9 Å². The molecule has 0 spiro atoms. The van der Waals surface area contributed by atoms with Crippen LogP contribution in [0.2, 0.25) is 0 Å². The molecule has 0 radical (unpaired) electrons. The van der Waals surface area contributed by atoms with E-state index >= 15 is 0 Å². The number of unbranched alkanes of at least 4 members (excludes halogenated alkanes) is 2. The van der Waals surface area contributed by atoms with Crippen LogP contribution in [0.25, 0.3) is 0 Å². The van der Waals surface area contributed by atoms with Crippen molar-refractivity contribution in [3.8, 4) is 0 Å². The van der Waals surface area contributed by atoms with E-state index in [0.717, 1.165) is 76.3 Å². The van der Waals surface area contributed by atoms with Crippen molar-refractivity contribution in [2.45, 2.75) is 244 Å². The van der Waals surface area contributed by atoms with Crippen LogP contribution in [0, 0.1) is 23.3 Å². The molecule has 500 valence electrons. The van der Waals surface area contributed by atoms with Crippen molar-refractivity contribution in [2.75, 3.05) is 26.2 Å². The van der Waals surface area contributed by atoms with Crippen molar-refractivity contribution < 1.29 is 56.5 Å². The highest BCUT2D eigenvalue weighted by Crippen LogP contribution is 2.40. The first kappa shape index (κ1) is 76.5. The van der Waals surface area contributed by atoms with Gasteiger partial charge in [-0.15, -0.1) is 0 Å². The SMILES string of the molecule is CC(=O)Cl.CC(=O)NCCCCC(=O)N[C@@H](Cc1cc(F)cc(F)c1)[C@H](O)CNC1(c2cccc(C(C)(C)C)c2)CCCCC1.CC(C)(C)OC(=O)NCCCCC(=O)N[C@@H](Cc1cc(F)cc(F)c1)[C@H](O)CNC1(c2cccc(C(C)(C)C)c2)CCCCC1. The highest BCUT2D eigenvalue weighted by atomic mass is 35.5. The Hall–Kier alpha value is -5.92. The predicted octanol–water partition coefficient (Wildman–Crippen LogP) is 13.0. The number of carbonyl (C=O) groups is 5. The van der Waals surface area contributed by atoms with Gasteiger partial charge in [-0.1, -0.05) is 129 Å². The molecule has 19 heteroatoms. The first-order valence-corrected chi connectivity index (χ1v) is 32.5. The van der Waals surface area contributed by atoms with Crippen LogP contribution in [0.1, 0.15) is 212 Å². The van der Waals surface area contributed by atoms with Gasteiger partial charge in [-0.2, -0.15) is 0 Å². The molecule has 4 aromatic carbocycles. The zero-order valence-electron chi connectivity index (χ0n) is 55.2. The number of amides is 4. The van der Waals surface area contributed by atoms with E-state index in [9.17, 15) is 51.7 Å². The summed E-state index contributed by atoms with van der Waals surface area (Å²) in [5, 5.41) is 41.1. The van der Waals surface area contributed by atoms with E-state index < -0.39 is 59.3 Å². The molecule has 90 heavy (non-hydrogen) atoms. The highest BCUT2D eigenvalue weighted by molar-refractivity contribution is 6.62. The van der Waals surface area contributed by atoms with Gasteiger partial charge in [0, 0.05) is 76.1 Å². The van der Waals surface area contributed by atoms with E-state index in [4.69, 9.17) is 4.74 Å². The molecule has 0 bridgehead atoms. The standard InChI is InChI=1S/C36H53F2N3O4.C33H47F2N3O3.C2H3ClO/c1-34(2,3)26-13-12-14-27(22-26)36(16-9-7-10-17-36)40-24-31(42)30(21-25-19-28(37)23-29(38)20-25)41-32(43)15-8-11-18-39-33(44)45-35(4,5)6;1-23(39)36-16-9-6-13-31(41)38-29(19-24-17-27(34)21-28(35)18-24)30(40)22-37-33(14-7-5-8-15-33)26-12-10-11-25(20-26)32(2,3)4;1-2(3)4/h12-14,19-20,22-23,30-31,40,42H,7-11,15-18,21,24H2,1-6H3,(H,39,44)(H,41,43);10-12,17-18,20-21,29-30,37,40H,5-9,13-16,19,22H2,1-4H3,(H,36,39)(H,38,41);1H3/t30-,31+;29-,30+;/m00./s1. The average molecular weight is 1280 g/mol. The monoisotopic (exact) mass is 1280 g/mol. The summed E-state index contributed by atoms with van der Waals surface area (Å²) < 4.78 is 61.2. The lowest BCUT2D eigenvalue weighted by atomic mass is 9.74. The fourth-order valence-electron chi connectivity index (χ4n) is 11.6. The van der Waals surface area contributed by atoms with Gasteiger partial charge in [-0.05, 0) is 165 Å². The maximum absolute atomic E-state index is 14.0. The third-order valence-electron chi connectivity index (χ3n) is 16.4. The summed E-state index contributed by atoms with van der Waals surface area (Å²) in [5.74, 6) is -3.46. The summed E-state index contributed by atoms with van der Waals surface area (Å²) >= 11 is 4.64. The van der Waals surface area contributed by atoms with Crippen molar-refractivity contribution in [1.29, 1.82) is 0 Å². The average Bonchev–Trinajstić information content (AvgIpc) is 1.01. The van der Waals surface area contributed by atoms with E-state index in [1.165, 1.54) is 60.4 Å². The number of hydrogen-bond acceptors (Lipinski definition) is 10. The molecule has 4 amide bonds. The van der Waals surface area contributed by atoms with Gasteiger partial charge < -0.3 is 46.9 Å². The molecule has 0 saturated heterocycles. The minimum atomic E-state index is -1.02. The smallest absolute Gasteiger partial charge is 0.407 e. The molecule has 6 rings (SSSR count). The molecule has 2 saturated carbocycles. The van der Waals surface area contributed by atoms with Crippen molar-refractivity contribution >= 4 is 40.7 Å². The van der Waals surface area contributed by atoms with Crippen LogP contribution in [-0.2, 0) is 58.7 Å². The van der Waals surface area contributed by atoms with Gasteiger partial charge in [-0.3, -0.25) is 19.2 Å². The number of hydrogen-bond donors (Lipinski definition) is 8. The van der Waals surface area contributed by atoms with Gasteiger partial charge >= 0.3 is 6.09 Å².